The molecule has 0 aromatic heterocycles. The number of hydrogen-bond donors (Lipinski definition) is 2. The summed E-state index contributed by atoms with van der Waals surface area (Å²) in [5.74, 6) is 0. The van der Waals surface area contributed by atoms with Crippen molar-refractivity contribution in [2.45, 2.75) is 42.8 Å². The lowest BCUT2D eigenvalue weighted by molar-refractivity contribution is -0.202. The van der Waals surface area contributed by atoms with Gasteiger partial charge in [-0.05, 0) is 19.1 Å². The first kappa shape index (κ1) is 13.1. The predicted molar refractivity (Wildman–Crippen MR) is 55.0 cm³/mol. The van der Waals surface area contributed by atoms with Gasteiger partial charge in [0, 0.05) is 17.8 Å². The largest absolute Gasteiger partial charge is 0.415 e. The Kier molecular flexibility index (Phi) is 4.73. The number of aliphatic hydroxyl groups excluding tert-OH is 1. The summed E-state index contributed by atoms with van der Waals surface area (Å²) in [6.07, 6.45) is -1.81. The molecule has 15 heavy (non-hydrogen) atoms. The topological polar surface area (TPSA) is 32.3 Å². The van der Waals surface area contributed by atoms with Gasteiger partial charge in [-0.15, -0.1) is 0 Å². The minimum atomic E-state index is -4.51. The molecule has 0 radical (unpaired) electrons. The van der Waals surface area contributed by atoms with Crippen LogP contribution in [0.5, 0.6) is 0 Å². The molecule has 0 heterocycles. The van der Waals surface area contributed by atoms with Crippen molar-refractivity contribution in [1.29, 1.82) is 0 Å². The zero-order valence-electron chi connectivity index (χ0n) is 8.55. The van der Waals surface area contributed by atoms with E-state index in [9.17, 15) is 13.2 Å². The first-order valence-electron chi connectivity index (χ1n) is 4.96. The minimum Gasteiger partial charge on any atom is -0.382 e. The van der Waals surface area contributed by atoms with Gasteiger partial charge in [0.1, 0.15) is 0 Å². The predicted octanol–water partition coefficient (Wildman–Crippen LogP) is 1.78. The van der Waals surface area contributed by atoms with Crippen molar-refractivity contribution in [3.05, 3.63) is 0 Å². The van der Waals surface area contributed by atoms with Crippen molar-refractivity contribution in [2.24, 2.45) is 0 Å². The molecule has 6 heteroatoms. The fourth-order valence-electron chi connectivity index (χ4n) is 1.82. The van der Waals surface area contributed by atoms with E-state index in [1.54, 1.807) is 11.8 Å². The van der Waals surface area contributed by atoms with Crippen LogP contribution in [0.15, 0.2) is 0 Å². The number of hydrogen-bond acceptors (Lipinski definition) is 3. The quantitative estimate of drug-likeness (QED) is 0.789. The molecule has 1 aliphatic rings. The van der Waals surface area contributed by atoms with Gasteiger partial charge in [-0.1, -0.05) is 6.42 Å². The van der Waals surface area contributed by atoms with Gasteiger partial charge in [-0.25, -0.2) is 0 Å². The van der Waals surface area contributed by atoms with Crippen LogP contribution in [-0.2, 0) is 0 Å². The normalized spacial score (nSPS) is 29.4. The molecule has 1 aliphatic carbocycles. The molecule has 3 atom stereocenters. The molecule has 1 rings (SSSR count). The molecule has 0 saturated heterocycles. The molecule has 0 amide bonds. The summed E-state index contributed by atoms with van der Waals surface area (Å²) >= 11 is 1.67. The van der Waals surface area contributed by atoms with Crippen LogP contribution >= 0.6 is 11.8 Å². The summed E-state index contributed by atoms with van der Waals surface area (Å²) in [4.78, 5) is 0. The van der Waals surface area contributed by atoms with E-state index in [0.29, 0.717) is 5.25 Å². The average Bonchev–Trinajstić information content (AvgIpc) is 2.59. The number of thioether (sulfide) groups is 1. The highest BCUT2D eigenvalue weighted by Gasteiger charge is 2.38. The highest BCUT2D eigenvalue weighted by atomic mass is 32.2. The second kappa shape index (κ2) is 5.41. The highest BCUT2D eigenvalue weighted by molar-refractivity contribution is 7.99. The van der Waals surface area contributed by atoms with Crippen LogP contribution in [0.4, 0.5) is 13.2 Å². The van der Waals surface area contributed by atoms with E-state index in [1.807, 2.05) is 6.26 Å². The monoisotopic (exact) mass is 243 g/mol. The fourth-order valence-corrected chi connectivity index (χ4v) is 2.78. The Balaban J connectivity index is 2.30. The van der Waals surface area contributed by atoms with Crippen molar-refractivity contribution in [1.82, 2.24) is 5.32 Å². The lowest BCUT2D eigenvalue weighted by atomic mass is 10.2. The van der Waals surface area contributed by atoms with E-state index in [0.717, 1.165) is 19.3 Å². The summed E-state index contributed by atoms with van der Waals surface area (Å²) in [6, 6.07) is 0.108. The van der Waals surface area contributed by atoms with Gasteiger partial charge in [-0.3, -0.25) is 0 Å². The smallest absolute Gasteiger partial charge is 0.382 e. The molecule has 2 nitrogen and oxygen atoms in total. The van der Waals surface area contributed by atoms with Gasteiger partial charge in [0.05, 0.1) is 0 Å². The average molecular weight is 243 g/mol. The summed E-state index contributed by atoms with van der Waals surface area (Å²) in [7, 11) is 0. The van der Waals surface area contributed by atoms with E-state index in [-0.39, 0.29) is 6.04 Å². The summed E-state index contributed by atoms with van der Waals surface area (Å²) < 4.78 is 36.0. The van der Waals surface area contributed by atoms with E-state index < -0.39 is 18.8 Å². The zero-order chi connectivity index (χ0) is 11.5. The van der Waals surface area contributed by atoms with E-state index in [4.69, 9.17) is 5.11 Å². The van der Waals surface area contributed by atoms with E-state index in [2.05, 4.69) is 5.32 Å². The van der Waals surface area contributed by atoms with Crippen LogP contribution in [0.2, 0.25) is 0 Å². The van der Waals surface area contributed by atoms with Crippen molar-refractivity contribution in [3.63, 3.8) is 0 Å². The molecular formula is C9H16F3NOS. The van der Waals surface area contributed by atoms with Gasteiger partial charge >= 0.3 is 6.18 Å². The molecule has 3 unspecified atom stereocenters. The number of halogens is 3. The Morgan fingerprint density at radius 1 is 1.47 bits per heavy atom. The molecule has 1 fully saturated rings. The minimum absolute atomic E-state index is 0.108. The number of nitrogens with one attached hydrogen (secondary N) is 1. The van der Waals surface area contributed by atoms with Crippen molar-refractivity contribution in [3.8, 4) is 0 Å². The third kappa shape index (κ3) is 3.85. The van der Waals surface area contributed by atoms with E-state index >= 15 is 0 Å². The summed E-state index contributed by atoms with van der Waals surface area (Å²) in [5.41, 5.74) is 0. The van der Waals surface area contributed by atoms with Gasteiger partial charge in [0.25, 0.3) is 0 Å². The Hall–Kier alpha value is 0.0600. The standard InChI is InChI=1S/C9H16F3NOS/c1-15-7-4-2-3-6(7)13-5-8(14)9(10,11)12/h6-8,13-14H,2-5H2,1H3. The Labute approximate surface area is 91.6 Å². The molecule has 0 bridgehead atoms. The molecule has 0 spiro atoms. The molecule has 1 saturated carbocycles. The van der Waals surface area contributed by atoms with Crippen molar-refractivity contribution < 1.29 is 18.3 Å². The third-order valence-electron chi connectivity index (χ3n) is 2.71. The van der Waals surface area contributed by atoms with E-state index in [1.165, 1.54) is 0 Å². The van der Waals surface area contributed by atoms with Gasteiger partial charge in [-0.2, -0.15) is 24.9 Å². The van der Waals surface area contributed by atoms with Crippen molar-refractivity contribution in [2.75, 3.05) is 12.8 Å². The Morgan fingerprint density at radius 2 is 2.13 bits per heavy atom. The zero-order valence-corrected chi connectivity index (χ0v) is 9.37. The first-order valence-corrected chi connectivity index (χ1v) is 6.25. The van der Waals surface area contributed by atoms with Crippen LogP contribution in [0.3, 0.4) is 0 Å². The molecule has 0 aliphatic heterocycles. The summed E-state index contributed by atoms with van der Waals surface area (Å²) in [6.45, 7) is -0.398. The second-order valence-corrected chi connectivity index (χ2v) is 4.85. The van der Waals surface area contributed by atoms with Crippen molar-refractivity contribution >= 4 is 11.8 Å². The molecular weight excluding hydrogens is 227 g/mol. The molecule has 90 valence electrons. The van der Waals surface area contributed by atoms with Crippen LogP contribution < -0.4 is 5.32 Å². The van der Waals surface area contributed by atoms with Crippen LogP contribution in [0.1, 0.15) is 19.3 Å². The molecule has 2 N–H and O–H groups in total. The Bertz CT molecular complexity index is 200. The van der Waals surface area contributed by atoms with Gasteiger partial charge in [0.15, 0.2) is 6.10 Å². The number of alkyl halides is 3. The van der Waals surface area contributed by atoms with Crippen LogP contribution in [0.25, 0.3) is 0 Å². The van der Waals surface area contributed by atoms with Gasteiger partial charge in [0.2, 0.25) is 0 Å². The SMILES string of the molecule is CSC1CCCC1NCC(O)C(F)(F)F. The fraction of sp³-hybridized carbons (Fsp3) is 1.00. The Morgan fingerprint density at radius 3 is 2.67 bits per heavy atom. The second-order valence-electron chi connectivity index (χ2n) is 3.78. The maximum atomic E-state index is 12.0. The lowest BCUT2D eigenvalue weighted by Gasteiger charge is -2.22. The number of aliphatic hydroxyl groups is 1. The van der Waals surface area contributed by atoms with Gasteiger partial charge < -0.3 is 10.4 Å². The van der Waals surface area contributed by atoms with Crippen LogP contribution in [-0.4, -0.2) is 41.5 Å². The molecule has 0 aromatic rings. The highest BCUT2D eigenvalue weighted by Crippen LogP contribution is 2.28. The first-order chi connectivity index (χ1) is 6.95. The maximum Gasteiger partial charge on any atom is 0.415 e. The van der Waals surface area contributed by atoms with Crippen LogP contribution in [0, 0.1) is 0 Å². The lowest BCUT2D eigenvalue weighted by Crippen LogP contribution is -2.44. The number of rotatable bonds is 4. The molecule has 0 aromatic carbocycles. The summed E-state index contributed by atoms with van der Waals surface area (Å²) in [5, 5.41) is 12.0. The third-order valence-corrected chi connectivity index (χ3v) is 3.88. The maximum absolute atomic E-state index is 12.0.